The van der Waals surface area contributed by atoms with E-state index >= 15 is 0 Å². The lowest BCUT2D eigenvalue weighted by Gasteiger charge is -2.07. The van der Waals surface area contributed by atoms with E-state index in [1.54, 1.807) is 0 Å². The van der Waals surface area contributed by atoms with Crippen molar-refractivity contribution in [3.05, 3.63) is 35.3 Å². The molecule has 0 aliphatic rings. The first-order valence-corrected chi connectivity index (χ1v) is 6.19. The average molecular weight is 243 g/mol. The second-order valence-electron chi connectivity index (χ2n) is 4.48. The summed E-state index contributed by atoms with van der Waals surface area (Å²) < 4.78 is 0. The number of benzene rings is 1. The number of primary amides is 1. The summed E-state index contributed by atoms with van der Waals surface area (Å²) in [7, 11) is 0. The highest BCUT2D eigenvalue weighted by Gasteiger charge is 2.11. The maximum atomic E-state index is 11.2. The Hall–Kier alpha value is -1.97. The number of hydrogen-bond acceptors (Lipinski definition) is 3. The van der Waals surface area contributed by atoms with Crippen LogP contribution in [0.15, 0.2) is 18.2 Å². The van der Waals surface area contributed by atoms with Crippen LogP contribution in [0.2, 0.25) is 0 Å². The van der Waals surface area contributed by atoms with Gasteiger partial charge in [0.25, 0.3) is 5.91 Å². The summed E-state index contributed by atoms with van der Waals surface area (Å²) >= 11 is 0. The van der Waals surface area contributed by atoms with E-state index in [1.165, 1.54) is 0 Å². The lowest BCUT2D eigenvalue weighted by Crippen LogP contribution is -2.16. The van der Waals surface area contributed by atoms with Crippen LogP contribution in [0.3, 0.4) is 0 Å². The molecule has 0 bridgehead atoms. The number of carbonyl (C=O) groups is 1. The molecule has 0 radical (unpaired) electrons. The van der Waals surface area contributed by atoms with E-state index in [0.29, 0.717) is 0 Å². The minimum atomic E-state index is -0.574. The number of nitrogens with zero attached hydrogens (tertiary/aromatic N) is 2. The van der Waals surface area contributed by atoms with E-state index in [2.05, 4.69) is 23.0 Å². The van der Waals surface area contributed by atoms with E-state index < -0.39 is 5.91 Å². The number of aromatic nitrogens is 2. The predicted octanol–water partition coefficient (Wildman–Crippen LogP) is 2.38. The summed E-state index contributed by atoms with van der Waals surface area (Å²) in [6, 6.07) is 5.95. The molecule has 0 aliphatic carbocycles. The van der Waals surface area contributed by atoms with Crippen molar-refractivity contribution in [1.82, 2.24) is 9.97 Å². The Balaban J connectivity index is 2.61. The van der Waals surface area contributed by atoms with Gasteiger partial charge in [0, 0.05) is 5.39 Å². The van der Waals surface area contributed by atoms with Crippen molar-refractivity contribution in [2.75, 3.05) is 0 Å². The van der Waals surface area contributed by atoms with Crippen LogP contribution < -0.4 is 5.73 Å². The summed E-state index contributed by atoms with van der Waals surface area (Å²) in [6.45, 7) is 4.16. The maximum Gasteiger partial charge on any atom is 0.286 e. The van der Waals surface area contributed by atoms with E-state index in [0.717, 1.165) is 41.4 Å². The molecule has 4 nitrogen and oxygen atoms in total. The van der Waals surface area contributed by atoms with E-state index in [4.69, 9.17) is 5.73 Å². The van der Waals surface area contributed by atoms with E-state index in [9.17, 15) is 4.79 Å². The van der Waals surface area contributed by atoms with Crippen molar-refractivity contribution in [1.29, 1.82) is 0 Å². The van der Waals surface area contributed by atoms with Crippen LogP contribution in [0.1, 0.15) is 41.6 Å². The van der Waals surface area contributed by atoms with Gasteiger partial charge in [-0.1, -0.05) is 25.0 Å². The van der Waals surface area contributed by atoms with Gasteiger partial charge < -0.3 is 5.73 Å². The topological polar surface area (TPSA) is 68.9 Å². The molecule has 0 spiro atoms. The monoisotopic (exact) mass is 243 g/mol. The summed E-state index contributed by atoms with van der Waals surface area (Å²) in [5, 5.41) is 1.02. The number of aryl methyl sites for hydroxylation is 2. The fraction of sp³-hybridized carbons (Fsp3) is 0.357. The van der Waals surface area contributed by atoms with Crippen LogP contribution in [0.25, 0.3) is 10.9 Å². The molecule has 0 fully saturated rings. The van der Waals surface area contributed by atoms with Crippen LogP contribution >= 0.6 is 0 Å². The Kier molecular flexibility index (Phi) is 3.55. The molecule has 4 heteroatoms. The lowest BCUT2D eigenvalue weighted by atomic mass is 10.1. The van der Waals surface area contributed by atoms with Crippen LogP contribution in [-0.4, -0.2) is 15.9 Å². The number of unbranched alkanes of at least 4 members (excludes halogenated alkanes) is 1. The zero-order valence-electron chi connectivity index (χ0n) is 10.7. The molecule has 2 N–H and O–H groups in total. The molecule has 2 rings (SSSR count). The van der Waals surface area contributed by atoms with Crippen molar-refractivity contribution in [2.24, 2.45) is 5.73 Å². The molecule has 1 heterocycles. The third-order valence-corrected chi connectivity index (χ3v) is 2.92. The molecule has 1 amide bonds. The van der Waals surface area contributed by atoms with Crippen molar-refractivity contribution in [3.63, 3.8) is 0 Å². The summed E-state index contributed by atoms with van der Waals surface area (Å²) in [6.07, 6.45) is 2.97. The zero-order chi connectivity index (χ0) is 13.1. The van der Waals surface area contributed by atoms with Crippen LogP contribution in [0, 0.1) is 6.92 Å². The fourth-order valence-electron chi connectivity index (χ4n) is 1.95. The minimum Gasteiger partial charge on any atom is -0.363 e. The Morgan fingerprint density at radius 1 is 1.33 bits per heavy atom. The molecule has 1 aromatic heterocycles. The Morgan fingerprint density at radius 2 is 2.11 bits per heavy atom. The second-order valence-corrected chi connectivity index (χ2v) is 4.48. The Labute approximate surface area is 106 Å². The van der Waals surface area contributed by atoms with Crippen molar-refractivity contribution >= 4 is 16.8 Å². The van der Waals surface area contributed by atoms with Gasteiger partial charge in [0.2, 0.25) is 5.82 Å². The third kappa shape index (κ3) is 2.47. The lowest BCUT2D eigenvalue weighted by molar-refractivity contribution is 0.0990. The molecule has 0 aliphatic heterocycles. The Morgan fingerprint density at radius 3 is 2.78 bits per heavy atom. The number of amides is 1. The third-order valence-electron chi connectivity index (χ3n) is 2.92. The number of hydrogen-bond donors (Lipinski definition) is 1. The standard InChI is InChI=1S/C14H17N3O/c1-3-4-5-11-10-8-9(2)6-7-12(10)17-14(16-11)13(15)18/h6-8H,3-5H2,1-2H3,(H2,15,18). The van der Waals surface area contributed by atoms with Gasteiger partial charge in [0.1, 0.15) is 0 Å². The van der Waals surface area contributed by atoms with Crippen LogP contribution in [0.5, 0.6) is 0 Å². The summed E-state index contributed by atoms with van der Waals surface area (Å²) in [5.74, 6) is -0.465. The van der Waals surface area contributed by atoms with Crippen molar-refractivity contribution in [3.8, 4) is 0 Å². The number of rotatable bonds is 4. The van der Waals surface area contributed by atoms with Crippen molar-refractivity contribution in [2.45, 2.75) is 33.1 Å². The van der Waals surface area contributed by atoms with Gasteiger partial charge in [0.15, 0.2) is 0 Å². The highest BCUT2D eigenvalue weighted by molar-refractivity contribution is 5.92. The van der Waals surface area contributed by atoms with Gasteiger partial charge in [-0.25, -0.2) is 9.97 Å². The van der Waals surface area contributed by atoms with E-state index in [1.807, 2.05) is 19.1 Å². The molecule has 0 unspecified atom stereocenters. The molecular weight excluding hydrogens is 226 g/mol. The molecule has 18 heavy (non-hydrogen) atoms. The normalized spacial score (nSPS) is 10.8. The summed E-state index contributed by atoms with van der Waals surface area (Å²) in [5.41, 5.74) is 8.13. The first-order chi connectivity index (χ1) is 8.61. The second kappa shape index (κ2) is 5.12. The van der Waals surface area contributed by atoms with Gasteiger partial charge in [-0.2, -0.15) is 0 Å². The van der Waals surface area contributed by atoms with Crippen LogP contribution in [0.4, 0.5) is 0 Å². The number of carbonyl (C=O) groups excluding carboxylic acids is 1. The van der Waals surface area contributed by atoms with Gasteiger partial charge in [-0.05, 0) is 31.9 Å². The predicted molar refractivity (Wildman–Crippen MR) is 71.4 cm³/mol. The molecule has 0 saturated heterocycles. The summed E-state index contributed by atoms with van der Waals surface area (Å²) in [4.78, 5) is 19.7. The SMILES string of the molecule is CCCCc1nc(C(N)=O)nc2ccc(C)cc12. The highest BCUT2D eigenvalue weighted by atomic mass is 16.1. The fourth-order valence-corrected chi connectivity index (χ4v) is 1.95. The quantitative estimate of drug-likeness (QED) is 0.896. The van der Waals surface area contributed by atoms with Gasteiger partial charge in [-0.15, -0.1) is 0 Å². The minimum absolute atomic E-state index is 0.109. The molecule has 2 aromatic rings. The van der Waals surface area contributed by atoms with Gasteiger partial charge in [0.05, 0.1) is 11.2 Å². The van der Waals surface area contributed by atoms with Gasteiger partial charge in [-0.3, -0.25) is 4.79 Å². The Bertz CT molecular complexity index is 593. The highest BCUT2D eigenvalue weighted by Crippen LogP contribution is 2.19. The molecular formula is C14H17N3O. The molecule has 0 saturated carbocycles. The van der Waals surface area contributed by atoms with Crippen LogP contribution in [-0.2, 0) is 6.42 Å². The number of fused-ring (bicyclic) bond motifs is 1. The molecule has 0 atom stereocenters. The largest absolute Gasteiger partial charge is 0.363 e. The first-order valence-electron chi connectivity index (χ1n) is 6.19. The zero-order valence-corrected chi connectivity index (χ0v) is 10.7. The van der Waals surface area contributed by atoms with Crippen molar-refractivity contribution < 1.29 is 4.79 Å². The molecule has 94 valence electrons. The average Bonchev–Trinajstić information content (AvgIpc) is 2.35. The number of nitrogens with two attached hydrogens (primary N) is 1. The molecule has 1 aromatic carbocycles. The van der Waals surface area contributed by atoms with E-state index in [-0.39, 0.29) is 5.82 Å². The smallest absolute Gasteiger partial charge is 0.286 e. The van der Waals surface area contributed by atoms with Gasteiger partial charge >= 0.3 is 0 Å². The maximum absolute atomic E-state index is 11.2. The first kappa shape index (κ1) is 12.5.